The lowest BCUT2D eigenvalue weighted by Gasteiger charge is -2.41. The lowest BCUT2D eigenvalue weighted by Crippen LogP contribution is -2.53. The van der Waals surface area contributed by atoms with Crippen LogP contribution in [0.2, 0.25) is 0 Å². The van der Waals surface area contributed by atoms with Crippen molar-refractivity contribution in [2.45, 2.75) is 39.0 Å². The van der Waals surface area contributed by atoms with Gasteiger partial charge in [-0.15, -0.1) is 5.10 Å². The summed E-state index contributed by atoms with van der Waals surface area (Å²) in [6.07, 6.45) is 4.09. The van der Waals surface area contributed by atoms with Gasteiger partial charge in [0.1, 0.15) is 18.1 Å². The van der Waals surface area contributed by atoms with Crippen LogP contribution in [-0.4, -0.2) is 71.8 Å². The standard InChI is InChI=1S/C26H34N6O3/c1-18-16-31(25-20(3)19(2)22(29-30-25)13-21-9-7-6-8-10-21)11-12-32(18)24-15-27-23(14-28-24)26(17-33,34-4)35-5/h6-10,14-15,18,33H,11-13,16-17H2,1-5H3. The Bertz CT molecular complexity index is 1110. The topological polar surface area (TPSA) is 96.7 Å². The normalized spacial score (nSPS) is 16.6. The first-order valence-corrected chi connectivity index (χ1v) is 11.8. The molecule has 0 saturated carbocycles. The van der Waals surface area contributed by atoms with Crippen LogP contribution in [0.4, 0.5) is 11.6 Å². The van der Waals surface area contributed by atoms with Crippen LogP contribution in [0, 0.1) is 13.8 Å². The molecule has 3 aromatic rings. The molecule has 0 bridgehead atoms. The van der Waals surface area contributed by atoms with E-state index in [0.717, 1.165) is 43.4 Å². The summed E-state index contributed by atoms with van der Waals surface area (Å²) in [4.78, 5) is 13.6. The number of aliphatic hydroxyl groups is 1. The number of nitrogens with zero attached hydrogens (tertiary/aromatic N) is 6. The fourth-order valence-electron chi connectivity index (χ4n) is 4.56. The third-order valence-corrected chi connectivity index (χ3v) is 6.93. The maximum absolute atomic E-state index is 9.72. The van der Waals surface area contributed by atoms with E-state index in [-0.39, 0.29) is 12.6 Å². The van der Waals surface area contributed by atoms with Gasteiger partial charge < -0.3 is 24.4 Å². The summed E-state index contributed by atoms with van der Waals surface area (Å²) in [6.45, 7) is 8.46. The summed E-state index contributed by atoms with van der Waals surface area (Å²) in [7, 11) is 2.94. The van der Waals surface area contributed by atoms with Crippen LogP contribution in [0.5, 0.6) is 0 Å². The van der Waals surface area contributed by atoms with E-state index in [4.69, 9.17) is 9.47 Å². The van der Waals surface area contributed by atoms with Gasteiger partial charge in [-0.2, -0.15) is 5.10 Å². The molecule has 1 N–H and O–H groups in total. The molecule has 1 aliphatic heterocycles. The zero-order valence-corrected chi connectivity index (χ0v) is 21.1. The Balaban J connectivity index is 1.47. The van der Waals surface area contributed by atoms with Crippen molar-refractivity contribution in [3.8, 4) is 0 Å². The number of methoxy groups -OCH3 is 2. The number of benzene rings is 1. The van der Waals surface area contributed by atoms with E-state index in [1.807, 2.05) is 6.07 Å². The third kappa shape index (κ3) is 4.98. The van der Waals surface area contributed by atoms with Crippen molar-refractivity contribution in [3.63, 3.8) is 0 Å². The molecule has 186 valence electrons. The molecule has 1 aromatic carbocycles. The van der Waals surface area contributed by atoms with Gasteiger partial charge in [-0.25, -0.2) is 4.98 Å². The van der Waals surface area contributed by atoms with Gasteiger partial charge in [0, 0.05) is 46.3 Å². The molecule has 1 aliphatic rings. The molecule has 0 amide bonds. The minimum absolute atomic E-state index is 0.196. The number of hydrogen-bond donors (Lipinski definition) is 1. The van der Waals surface area contributed by atoms with Crippen LogP contribution in [0.3, 0.4) is 0 Å². The average Bonchev–Trinajstić information content (AvgIpc) is 2.89. The van der Waals surface area contributed by atoms with Crippen LogP contribution < -0.4 is 9.80 Å². The highest BCUT2D eigenvalue weighted by Gasteiger charge is 2.34. The summed E-state index contributed by atoms with van der Waals surface area (Å²) >= 11 is 0. The monoisotopic (exact) mass is 478 g/mol. The van der Waals surface area contributed by atoms with Gasteiger partial charge in [-0.05, 0) is 37.5 Å². The van der Waals surface area contributed by atoms with Crippen molar-refractivity contribution < 1.29 is 14.6 Å². The van der Waals surface area contributed by atoms with E-state index in [1.54, 1.807) is 12.4 Å². The van der Waals surface area contributed by atoms with E-state index in [1.165, 1.54) is 30.9 Å². The summed E-state index contributed by atoms with van der Waals surface area (Å²) in [5.74, 6) is 0.411. The van der Waals surface area contributed by atoms with Crippen LogP contribution in [0.15, 0.2) is 42.7 Å². The maximum Gasteiger partial charge on any atom is 0.237 e. The molecular weight excluding hydrogens is 444 g/mol. The molecule has 1 saturated heterocycles. The van der Waals surface area contributed by atoms with Gasteiger partial charge in [0.2, 0.25) is 5.79 Å². The average molecular weight is 479 g/mol. The van der Waals surface area contributed by atoms with Gasteiger partial charge >= 0.3 is 0 Å². The van der Waals surface area contributed by atoms with Crippen molar-refractivity contribution in [1.82, 2.24) is 20.2 Å². The highest BCUT2D eigenvalue weighted by atomic mass is 16.7. The SMILES string of the molecule is COC(CO)(OC)c1cnc(N2CCN(c3nnc(Cc4ccccc4)c(C)c3C)CC2C)cn1. The molecule has 4 rings (SSSR count). The van der Waals surface area contributed by atoms with E-state index in [9.17, 15) is 5.11 Å². The number of hydrogen-bond acceptors (Lipinski definition) is 9. The number of rotatable bonds is 8. The lowest BCUT2D eigenvalue weighted by molar-refractivity contribution is -0.238. The molecule has 0 spiro atoms. The molecule has 35 heavy (non-hydrogen) atoms. The van der Waals surface area contributed by atoms with Crippen LogP contribution in [-0.2, 0) is 21.7 Å². The highest BCUT2D eigenvalue weighted by molar-refractivity contribution is 5.53. The first kappa shape index (κ1) is 25.0. The second-order valence-corrected chi connectivity index (χ2v) is 8.95. The molecule has 0 aliphatic carbocycles. The van der Waals surface area contributed by atoms with Crippen molar-refractivity contribution in [2.24, 2.45) is 0 Å². The first-order valence-electron chi connectivity index (χ1n) is 11.8. The smallest absolute Gasteiger partial charge is 0.237 e. The van der Waals surface area contributed by atoms with Gasteiger partial charge in [0.25, 0.3) is 0 Å². The van der Waals surface area contributed by atoms with Crippen LogP contribution in [0.1, 0.15) is 35.0 Å². The van der Waals surface area contributed by atoms with Gasteiger partial charge in [0.15, 0.2) is 5.82 Å². The Hall–Kier alpha value is -3.14. The zero-order valence-electron chi connectivity index (χ0n) is 21.1. The van der Waals surface area contributed by atoms with Gasteiger partial charge in [-0.1, -0.05) is 30.3 Å². The Labute approximate surface area is 206 Å². The number of piperazine rings is 1. The van der Waals surface area contributed by atoms with E-state index >= 15 is 0 Å². The zero-order chi connectivity index (χ0) is 25.0. The molecule has 2 aromatic heterocycles. The molecule has 9 heteroatoms. The van der Waals surface area contributed by atoms with E-state index < -0.39 is 5.79 Å². The minimum Gasteiger partial charge on any atom is -0.390 e. The Morgan fingerprint density at radius 3 is 2.34 bits per heavy atom. The van der Waals surface area contributed by atoms with Gasteiger partial charge in [0.05, 0.1) is 18.1 Å². The third-order valence-electron chi connectivity index (χ3n) is 6.93. The van der Waals surface area contributed by atoms with Crippen molar-refractivity contribution in [1.29, 1.82) is 0 Å². The predicted molar refractivity (Wildman–Crippen MR) is 135 cm³/mol. The second kappa shape index (κ2) is 10.6. The highest BCUT2D eigenvalue weighted by Crippen LogP contribution is 2.28. The van der Waals surface area contributed by atoms with Crippen molar-refractivity contribution in [2.75, 3.05) is 50.3 Å². The molecule has 9 nitrogen and oxygen atoms in total. The fourth-order valence-corrected chi connectivity index (χ4v) is 4.56. The Kier molecular flexibility index (Phi) is 7.59. The second-order valence-electron chi connectivity index (χ2n) is 8.95. The number of anilines is 2. The Morgan fingerprint density at radius 1 is 1.00 bits per heavy atom. The number of aliphatic hydroxyl groups excluding tert-OH is 1. The Morgan fingerprint density at radius 2 is 1.74 bits per heavy atom. The van der Waals surface area contributed by atoms with Crippen molar-refractivity contribution in [3.05, 3.63) is 70.8 Å². The fraction of sp³-hybridized carbons (Fsp3) is 0.462. The molecule has 3 heterocycles. The largest absolute Gasteiger partial charge is 0.390 e. The lowest BCUT2D eigenvalue weighted by atomic mass is 10.0. The number of ether oxygens (including phenoxy) is 2. The van der Waals surface area contributed by atoms with Crippen LogP contribution >= 0.6 is 0 Å². The van der Waals surface area contributed by atoms with Gasteiger partial charge in [-0.3, -0.25) is 4.98 Å². The molecule has 1 unspecified atom stereocenters. The first-order chi connectivity index (χ1) is 16.9. The maximum atomic E-state index is 9.72. The molecule has 1 fully saturated rings. The molecule has 0 radical (unpaired) electrons. The summed E-state index contributed by atoms with van der Waals surface area (Å²) in [5.41, 5.74) is 5.05. The number of aromatic nitrogens is 4. The minimum atomic E-state index is -1.31. The van der Waals surface area contributed by atoms with Crippen LogP contribution in [0.25, 0.3) is 0 Å². The quantitative estimate of drug-likeness (QED) is 0.490. The van der Waals surface area contributed by atoms with E-state index in [2.05, 4.69) is 75.0 Å². The molecule has 1 atom stereocenters. The summed E-state index contributed by atoms with van der Waals surface area (Å²) in [5, 5.41) is 18.9. The predicted octanol–water partition coefficient (Wildman–Crippen LogP) is 2.63. The summed E-state index contributed by atoms with van der Waals surface area (Å²) in [6, 6.07) is 10.6. The van der Waals surface area contributed by atoms with E-state index in [0.29, 0.717) is 5.69 Å². The molecular formula is C26H34N6O3. The summed E-state index contributed by atoms with van der Waals surface area (Å²) < 4.78 is 10.7. The van der Waals surface area contributed by atoms with Crippen molar-refractivity contribution >= 4 is 11.6 Å².